The zero-order chi connectivity index (χ0) is 20.0. The van der Waals surface area contributed by atoms with E-state index in [9.17, 15) is 18.0 Å². The lowest BCUT2D eigenvalue weighted by Crippen LogP contribution is -2.45. The Hall–Kier alpha value is -1.93. The molecule has 0 unspecified atom stereocenters. The largest absolute Gasteiger partial charge is 0.348 e. The summed E-state index contributed by atoms with van der Waals surface area (Å²) in [7, 11) is -3.40. The molecule has 1 saturated carbocycles. The Morgan fingerprint density at radius 3 is 2.21 bits per heavy atom. The van der Waals surface area contributed by atoms with Crippen LogP contribution in [0.5, 0.6) is 0 Å². The molecule has 0 bridgehead atoms. The van der Waals surface area contributed by atoms with Crippen LogP contribution in [0.3, 0.4) is 0 Å². The lowest BCUT2D eigenvalue weighted by Gasteiger charge is -2.22. The van der Waals surface area contributed by atoms with Crippen LogP contribution in [0.2, 0.25) is 0 Å². The van der Waals surface area contributed by atoms with Crippen molar-refractivity contribution in [2.75, 3.05) is 19.6 Å². The van der Waals surface area contributed by atoms with Gasteiger partial charge in [-0.25, -0.2) is 8.42 Å². The van der Waals surface area contributed by atoms with Crippen LogP contribution in [0, 0.1) is 0 Å². The summed E-state index contributed by atoms with van der Waals surface area (Å²) in [6.45, 7) is 1.49. The molecule has 7 nitrogen and oxygen atoms in total. The van der Waals surface area contributed by atoms with E-state index < -0.39 is 21.8 Å². The SMILES string of the molecule is O=C(NCCc1ccc(S(=O)(=O)N2CCCC2)cc1)C(=O)NC1CCCCC1. The van der Waals surface area contributed by atoms with Crippen LogP contribution >= 0.6 is 0 Å². The zero-order valence-corrected chi connectivity index (χ0v) is 17.0. The molecule has 2 aliphatic rings. The van der Waals surface area contributed by atoms with Gasteiger partial charge in [-0.2, -0.15) is 4.31 Å². The van der Waals surface area contributed by atoms with Gasteiger partial charge in [0.05, 0.1) is 4.90 Å². The van der Waals surface area contributed by atoms with E-state index in [0.29, 0.717) is 31.0 Å². The lowest BCUT2D eigenvalue weighted by atomic mass is 9.95. The Bertz CT molecular complexity index is 780. The van der Waals surface area contributed by atoms with Crippen LogP contribution in [0.25, 0.3) is 0 Å². The highest BCUT2D eigenvalue weighted by Gasteiger charge is 2.27. The summed E-state index contributed by atoms with van der Waals surface area (Å²) < 4.78 is 26.5. The maximum atomic E-state index is 12.5. The minimum atomic E-state index is -3.40. The molecule has 2 fully saturated rings. The van der Waals surface area contributed by atoms with Crippen LogP contribution in [0.15, 0.2) is 29.2 Å². The van der Waals surface area contributed by atoms with Gasteiger partial charge in [0.25, 0.3) is 0 Å². The number of rotatable bonds is 6. The van der Waals surface area contributed by atoms with E-state index in [0.717, 1.165) is 44.1 Å². The predicted octanol–water partition coefficient (Wildman–Crippen LogP) is 1.58. The highest BCUT2D eigenvalue weighted by Crippen LogP contribution is 2.21. The van der Waals surface area contributed by atoms with E-state index in [4.69, 9.17) is 0 Å². The van der Waals surface area contributed by atoms with E-state index in [1.807, 2.05) is 0 Å². The molecule has 0 atom stereocenters. The molecule has 1 aliphatic heterocycles. The maximum absolute atomic E-state index is 12.5. The van der Waals surface area contributed by atoms with Crippen molar-refractivity contribution in [1.29, 1.82) is 0 Å². The molecule has 1 aromatic carbocycles. The molecule has 1 aromatic rings. The first-order valence-corrected chi connectivity index (χ1v) is 11.6. The van der Waals surface area contributed by atoms with Gasteiger partial charge in [0.15, 0.2) is 0 Å². The van der Waals surface area contributed by atoms with Crippen molar-refractivity contribution in [3.05, 3.63) is 29.8 Å². The quantitative estimate of drug-likeness (QED) is 0.700. The molecule has 1 aliphatic carbocycles. The Morgan fingerprint density at radius 1 is 0.929 bits per heavy atom. The third kappa shape index (κ3) is 5.32. The second kappa shape index (κ2) is 9.52. The second-order valence-corrected chi connectivity index (χ2v) is 9.51. The second-order valence-electron chi connectivity index (χ2n) is 7.57. The molecular formula is C20H29N3O4S. The Kier molecular flexibility index (Phi) is 7.07. The van der Waals surface area contributed by atoms with Gasteiger partial charge in [-0.15, -0.1) is 0 Å². The molecule has 1 saturated heterocycles. The minimum absolute atomic E-state index is 0.108. The number of sulfonamides is 1. The van der Waals surface area contributed by atoms with Crippen molar-refractivity contribution >= 4 is 21.8 Å². The summed E-state index contributed by atoms with van der Waals surface area (Å²) in [6.07, 6.45) is 7.60. The van der Waals surface area contributed by atoms with Gasteiger partial charge in [-0.05, 0) is 49.8 Å². The molecule has 0 aromatic heterocycles. The fraction of sp³-hybridized carbons (Fsp3) is 0.600. The van der Waals surface area contributed by atoms with Crippen molar-refractivity contribution < 1.29 is 18.0 Å². The van der Waals surface area contributed by atoms with E-state index >= 15 is 0 Å². The molecular weight excluding hydrogens is 378 g/mol. The standard InChI is InChI=1S/C20H29N3O4S/c24-19(20(25)22-17-6-2-1-3-7-17)21-13-12-16-8-10-18(11-9-16)28(26,27)23-14-4-5-15-23/h8-11,17H,1-7,12-15H2,(H,21,24)(H,22,25). The third-order valence-corrected chi connectivity index (χ3v) is 7.38. The van der Waals surface area contributed by atoms with Gasteiger partial charge in [-0.3, -0.25) is 9.59 Å². The minimum Gasteiger partial charge on any atom is -0.348 e. The maximum Gasteiger partial charge on any atom is 0.309 e. The summed E-state index contributed by atoms with van der Waals surface area (Å²) in [5.41, 5.74) is 0.911. The summed E-state index contributed by atoms with van der Waals surface area (Å²) in [5.74, 6) is -1.18. The van der Waals surface area contributed by atoms with E-state index in [1.54, 1.807) is 24.3 Å². The highest BCUT2D eigenvalue weighted by atomic mass is 32.2. The summed E-state index contributed by atoms with van der Waals surface area (Å²) in [5, 5.41) is 5.43. The van der Waals surface area contributed by atoms with Crippen LogP contribution in [0.4, 0.5) is 0 Å². The van der Waals surface area contributed by atoms with Gasteiger partial charge >= 0.3 is 11.8 Å². The van der Waals surface area contributed by atoms with Gasteiger partial charge in [0, 0.05) is 25.7 Å². The first-order valence-electron chi connectivity index (χ1n) is 10.1. The monoisotopic (exact) mass is 407 g/mol. The van der Waals surface area contributed by atoms with Crippen LogP contribution in [0.1, 0.15) is 50.5 Å². The van der Waals surface area contributed by atoms with E-state index in [1.165, 1.54) is 10.7 Å². The first-order chi connectivity index (χ1) is 13.5. The molecule has 154 valence electrons. The molecule has 2 N–H and O–H groups in total. The number of amides is 2. The highest BCUT2D eigenvalue weighted by molar-refractivity contribution is 7.89. The predicted molar refractivity (Wildman–Crippen MR) is 106 cm³/mol. The van der Waals surface area contributed by atoms with Crippen LogP contribution in [-0.2, 0) is 26.0 Å². The summed E-state index contributed by atoms with van der Waals surface area (Å²) in [6, 6.07) is 6.85. The lowest BCUT2D eigenvalue weighted by molar-refractivity contribution is -0.139. The summed E-state index contributed by atoms with van der Waals surface area (Å²) >= 11 is 0. The third-order valence-electron chi connectivity index (χ3n) is 5.47. The van der Waals surface area contributed by atoms with E-state index in [2.05, 4.69) is 10.6 Å². The Morgan fingerprint density at radius 2 is 1.57 bits per heavy atom. The zero-order valence-electron chi connectivity index (χ0n) is 16.2. The number of carbonyl (C=O) groups is 2. The average Bonchev–Trinajstić information content (AvgIpc) is 3.25. The molecule has 28 heavy (non-hydrogen) atoms. The number of nitrogens with zero attached hydrogens (tertiary/aromatic N) is 1. The average molecular weight is 408 g/mol. The van der Waals surface area contributed by atoms with Crippen molar-refractivity contribution in [3.8, 4) is 0 Å². The molecule has 2 amide bonds. The normalized spacial score (nSPS) is 18.7. The number of carbonyl (C=O) groups excluding carboxylic acids is 2. The molecule has 1 heterocycles. The Balaban J connectivity index is 1.44. The number of hydrogen-bond acceptors (Lipinski definition) is 4. The van der Waals surface area contributed by atoms with Gasteiger partial charge < -0.3 is 10.6 Å². The molecule has 3 rings (SSSR count). The fourth-order valence-corrected chi connectivity index (χ4v) is 5.32. The smallest absolute Gasteiger partial charge is 0.309 e. The van der Waals surface area contributed by atoms with Gasteiger partial charge in [0.1, 0.15) is 0 Å². The number of benzene rings is 1. The van der Waals surface area contributed by atoms with Crippen molar-refractivity contribution in [2.24, 2.45) is 0 Å². The van der Waals surface area contributed by atoms with E-state index in [-0.39, 0.29) is 6.04 Å². The molecule has 0 spiro atoms. The molecule has 8 heteroatoms. The van der Waals surface area contributed by atoms with Gasteiger partial charge in [-0.1, -0.05) is 31.4 Å². The first kappa shape index (κ1) is 20.8. The van der Waals surface area contributed by atoms with Gasteiger partial charge in [0.2, 0.25) is 10.0 Å². The van der Waals surface area contributed by atoms with Crippen LogP contribution < -0.4 is 10.6 Å². The van der Waals surface area contributed by atoms with Crippen molar-refractivity contribution in [1.82, 2.24) is 14.9 Å². The van der Waals surface area contributed by atoms with Crippen molar-refractivity contribution in [2.45, 2.75) is 62.3 Å². The number of hydrogen-bond donors (Lipinski definition) is 2. The summed E-state index contributed by atoms with van der Waals surface area (Å²) in [4.78, 5) is 24.2. The van der Waals surface area contributed by atoms with Crippen molar-refractivity contribution in [3.63, 3.8) is 0 Å². The number of nitrogens with one attached hydrogen (secondary N) is 2. The fourth-order valence-electron chi connectivity index (χ4n) is 3.80. The molecule has 0 radical (unpaired) electrons. The van der Waals surface area contributed by atoms with Crippen LogP contribution in [-0.4, -0.2) is 50.2 Å². The Labute approximate surface area is 166 Å². The topological polar surface area (TPSA) is 95.6 Å².